The highest BCUT2D eigenvalue weighted by Gasteiger charge is 2.12. The first-order valence-corrected chi connectivity index (χ1v) is 7.23. The van der Waals surface area contributed by atoms with Crippen molar-refractivity contribution in [1.29, 1.82) is 0 Å². The number of para-hydroxylation sites is 1. The van der Waals surface area contributed by atoms with E-state index in [9.17, 15) is 0 Å². The average Bonchev–Trinajstić information content (AvgIpc) is 2.45. The van der Waals surface area contributed by atoms with Crippen LogP contribution in [0.3, 0.4) is 0 Å². The van der Waals surface area contributed by atoms with Crippen LogP contribution in [0.1, 0.15) is 25.0 Å². The zero-order valence-electron chi connectivity index (χ0n) is 13.1. The number of nitrogens with one attached hydrogen (secondary N) is 1. The lowest BCUT2D eigenvalue weighted by Crippen LogP contribution is -2.10. The summed E-state index contributed by atoms with van der Waals surface area (Å²) in [5, 5.41) is 3.43. The Labute approximate surface area is 126 Å². The van der Waals surface area contributed by atoms with Crippen molar-refractivity contribution in [1.82, 2.24) is 0 Å². The van der Waals surface area contributed by atoms with Gasteiger partial charge in [0.15, 0.2) is 11.5 Å². The number of benzene rings is 2. The summed E-state index contributed by atoms with van der Waals surface area (Å²) < 4.78 is 11.3. The highest BCUT2D eigenvalue weighted by Crippen LogP contribution is 2.32. The number of methoxy groups -OCH3 is 1. The summed E-state index contributed by atoms with van der Waals surface area (Å²) in [6.07, 6.45) is 0.110. The minimum Gasteiger partial charge on any atom is -0.493 e. The summed E-state index contributed by atoms with van der Waals surface area (Å²) in [7, 11) is 1.67. The van der Waals surface area contributed by atoms with Crippen LogP contribution in [0.5, 0.6) is 11.5 Å². The Bertz CT molecular complexity index is 594. The fraction of sp³-hybridized carbons (Fsp3) is 0.333. The van der Waals surface area contributed by atoms with Gasteiger partial charge in [-0.25, -0.2) is 0 Å². The van der Waals surface area contributed by atoms with Crippen LogP contribution in [-0.4, -0.2) is 13.2 Å². The van der Waals surface area contributed by atoms with E-state index in [1.165, 1.54) is 5.56 Å². The van der Waals surface area contributed by atoms with E-state index in [1.54, 1.807) is 7.11 Å². The predicted octanol–water partition coefficient (Wildman–Crippen LogP) is 4.40. The second-order valence-electron chi connectivity index (χ2n) is 5.34. The summed E-state index contributed by atoms with van der Waals surface area (Å²) in [4.78, 5) is 0. The molecule has 21 heavy (non-hydrogen) atoms. The molecule has 2 aromatic carbocycles. The summed E-state index contributed by atoms with van der Waals surface area (Å²) in [5.41, 5.74) is 3.43. The summed E-state index contributed by atoms with van der Waals surface area (Å²) in [5.74, 6) is 1.59. The highest BCUT2D eigenvalue weighted by atomic mass is 16.5. The Morgan fingerprint density at radius 1 is 1.10 bits per heavy atom. The smallest absolute Gasteiger partial charge is 0.166 e. The van der Waals surface area contributed by atoms with Crippen molar-refractivity contribution in [3.05, 3.63) is 53.6 Å². The predicted molar refractivity (Wildman–Crippen MR) is 87.3 cm³/mol. The Hall–Kier alpha value is -2.16. The van der Waals surface area contributed by atoms with Gasteiger partial charge in [-0.2, -0.15) is 0 Å². The zero-order chi connectivity index (χ0) is 15.2. The fourth-order valence-corrected chi connectivity index (χ4v) is 2.18. The normalized spacial score (nSPS) is 10.5. The molecule has 2 aromatic rings. The van der Waals surface area contributed by atoms with E-state index in [0.717, 1.165) is 22.7 Å². The third-order valence-corrected chi connectivity index (χ3v) is 3.13. The zero-order valence-corrected chi connectivity index (χ0v) is 13.1. The van der Waals surface area contributed by atoms with Gasteiger partial charge in [0.25, 0.3) is 0 Å². The SMILES string of the molecule is COc1cccc(CNc2cccc(C)c2)c1OC(C)C. The fourth-order valence-electron chi connectivity index (χ4n) is 2.18. The molecule has 0 fully saturated rings. The highest BCUT2D eigenvalue weighted by molar-refractivity contribution is 5.50. The molecule has 0 aromatic heterocycles. The number of hydrogen-bond donors (Lipinski definition) is 1. The van der Waals surface area contributed by atoms with Crippen molar-refractivity contribution < 1.29 is 9.47 Å². The second kappa shape index (κ2) is 7.02. The number of rotatable bonds is 6. The maximum atomic E-state index is 5.91. The molecule has 0 aliphatic carbocycles. The molecular weight excluding hydrogens is 262 g/mol. The van der Waals surface area contributed by atoms with Gasteiger partial charge >= 0.3 is 0 Å². The molecule has 0 aliphatic heterocycles. The first kappa shape index (κ1) is 15.2. The number of ether oxygens (including phenoxy) is 2. The molecule has 0 bridgehead atoms. The standard InChI is InChI=1S/C18H23NO2/c1-13(2)21-18-15(8-6-10-17(18)20-4)12-19-16-9-5-7-14(3)11-16/h5-11,13,19H,12H2,1-4H3. The molecule has 0 aliphatic rings. The summed E-state index contributed by atoms with van der Waals surface area (Å²) in [6, 6.07) is 14.3. The molecule has 2 rings (SSSR count). The number of hydrogen-bond acceptors (Lipinski definition) is 3. The summed E-state index contributed by atoms with van der Waals surface area (Å²) in [6.45, 7) is 6.82. The van der Waals surface area contributed by atoms with Crippen LogP contribution in [0.25, 0.3) is 0 Å². The van der Waals surface area contributed by atoms with Crippen molar-refractivity contribution in [2.24, 2.45) is 0 Å². The second-order valence-corrected chi connectivity index (χ2v) is 5.34. The third kappa shape index (κ3) is 4.15. The van der Waals surface area contributed by atoms with Gasteiger partial charge in [0.05, 0.1) is 13.2 Å². The van der Waals surface area contributed by atoms with Crippen LogP contribution in [0.15, 0.2) is 42.5 Å². The van der Waals surface area contributed by atoms with Gasteiger partial charge in [-0.05, 0) is 44.5 Å². The third-order valence-electron chi connectivity index (χ3n) is 3.13. The maximum Gasteiger partial charge on any atom is 0.166 e. The Morgan fingerprint density at radius 2 is 1.86 bits per heavy atom. The molecular formula is C18H23NO2. The van der Waals surface area contributed by atoms with Gasteiger partial charge in [0.1, 0.15) is 0 Å². The van der Waals surface area contributed by atoms with Crippen molar-refractivity contribution in [2.75, 3.05) is 12.4 Å². The molecule has 3 heteroatoms. The largest absolute Gasteiger partial charge is 0.493 e. The van der Waals surface area contributed by atoms with E-state index in [0.29, 0.717) is 6.54 Å². The average molecular weight is 285 g/mol. The first-order chi connectivity index (χ1) is 10.1. The first-order valence-electron chi connectivity index (χ1n) is 7.23. The molecule has 1 N–H and O–H groups in total. The Kier molecular flexibility index (Phi) is 5.09. The quantitative estimate of drug-likeness (QED) is 0.853. The molecule has 0 unspecified atom stereocenters. The van der Waals surface area contributed by atoms with Crippen LogP contribution < -0.4 is 14.8 Å². The van der Waals surface area contributed by atoms with Gasteiger partial charge in [0, 0.05) is 17.8 Å². The minimum absolute atomic E-state index is 0.110. The van der Waals surface area contributed by atoms with Gasteiger partial charge in [0.2, 0.25) is 0 Å². The van der Waals surface area contributed by atoms with E-state index < -0.39 is 0 Å². The lowest BCUT2D eigenvalue weighted by Gasteiger charge is -2.18. The topological polar surface area (TPSA) is 30.5 Å². The van der Waals surface area contributed by atoms with Crippen molar-refractivity contribution in [3.8, 4) is 11.5 Å². The molecule has 0 spiro atoms. The van der Waals surface area contributed by atoms with Gasteiger partial charge < -0.3 is 14.8 Å². The maximum absolute atomic E-state index is 5.91. The van der Waals surface area contributed by atoms with Crippen molar-refractivity contribution >= 4 is 5.69 Å². The van der Waals surface area contributed by atoms with Crippen molar-refractivity contribution in [2.45, 2.75) is 33.4 Å². The molecule has 0 amide bonds. The molecule has 112 valence electrons. The van der Waals surface area contributed by atoms with Crippen molar-refractivity contribution in [3.63, 3.8) is 0 Å². The van der Waals surface area contributed by atoms with E-state index >= 15 is 0 Å². The van der Waals surface area contributed by atoms with Crippen LogP contribution >= 0.6 is 0 Å². The van der Waals surface area contributed by atoms with E-state index in [2.05, 4.69) is 42.6 Å². The molecule has 3 nitrogen and oxygen atoms in total. The molecule has 0 saturated carbocycles. The van der Waals surface area contributed by atoms with Crippen LogP contribution in [0.4, 0.5) is 5.69 Å². The van der Waals surface area contributed by atoms with Gasteiger partial charge in [-0.15, -0.1) is 0 Å². The lowest BCUT2D eigenvalue weighted by atomic mass is 10.1. The van der Waals surface area contributed by atoms with E-state index in [-0.39, 0.29) is 6.10 Å². The number of aryl methyl sites for hydroxylation is 1. The van der Waals surface area contributed by atoms with Crippen LogP contribution in [-0.2, 0) is 6.54 Å². The summed E-state index contributed by atoms with van der Waals surface area (Å²) >= 11 is 0. The van der Waals surface area contributed by atoms with Crippen LogP contribution in [0.2, 0.25) is 0 Å². The molecule has 0 saturated heterocycles. The Morgan fingerprint density at radius 3 is 2.52 bits per heavy atom. The molecule has 0 heterocycles. The van der Waals surface area contributed by atoms with Gasteiger partial charge in [-0.3, -0.25) is 0 Å². The number of anilines is 1. The minimum atomic E-state index is 0.110. The Balaban J connectivity index is 2.19. The lowest BCUT2D eigenvalue weighted by molar-refractivity contribution is 0.228. The van der Waals surface area contributed by atoms with Gasteiger partial charge in [-0.1, -0.05) is 24.3 Å². The monoisotopic (exact) mass is 285 g/mol. The van der Waals surface area contributed by atoms with Crippen LogP contribution in [0, 0.1) is 6.92 Å². The van der Waals surface area contributed by atoms with E-state index in [4.69, 9.17) is 9.47 Å². The molecule has 0 radical (unpaired) electrons. The molecule has 0 atom stereocenters. The van der Waals surface area contributed by atoms with E-state index in [1.807, 2.05) is 26.0 Å².